The average Bonchev–Trinajstić information content (AvgIpc) is 2.66. The minimum absolute atomic E-state index is 0.000474. The summed E-state index contributed by atoms with van der Waals surface area (Å²) in [5, 5.41) is 2.98. The van der Waals surface area contributed by atoms with Crippen molar-refractivity contribution in [1.29, 1.82) is 0 Å². The third kappa shape index (κ3) is 5.50. The minimum Gasteiger partial charge on any atom is -0.460 e. The Balaban J connectivity index is 1.63. The van der Waals surface area contributed by atoms with E-state index in [9.17, 15) is 18.1 Å². The van der Waals surface area contributed by atoms with Crippen molar-refractivity contribution in [2.24, 2.45) is 0 Å². The van der Waals surface area contributed by atoms with Crippen LogP contribution in [0.2, 0.25) is 0 Å². The summed E-state index contributed by atoms with van der Waals surface area (Å²) >= 11 is 5.96. The molecule has 0 amide bonds. The van der Waals surface area contributed by atoms with Crippen molar-refractivity contribution in [3.8, 4) is 5.75 Å². The summed E-state index contributed by atoms with van der Waals surface area (Å²) in [6, 6.07) is 10.2. The maximum Gasteiger partial charge on any atom is 0.409 e. The van der Waals surface area contributed by atoms with Gasteiger partial charge in [-0.2, -0.15) is 0 Å². The van der Waals surface area contributed by atoms with Gasteiger partial charge in [0.1, 0.15) is 30.0 Å². The molecule has 0 aliphatic heterocycles. The van der Waals surface area contributed by atoms with Crippen LogP contribution in [-0.2, 0) is 20.7 Å². The van der Waals surface area contributed by atoms with E-state index in [-0.39, 0.29) is 11.3 Å². The van der Waals surface area contributed by atoms with E-state index in [1.807, 2.05) is 0 Å². The number of esters is 1. The Morgan fingerprint density at radius 1 is 1.24 bits per heavy atom. The summed E-state index contributed by atoms with van der Waals surface area (Å²) in [4.78, 5) is 16.3. The summed E-state index contributed by atoms with van der Waals surface area (Å²) < 4.78 is 49.5. The number of halogens is 3. The van der Waals surface area contributed by atoms with Crippen LogP contribution in [0.1, 0.15) is 12.5 Å². The molecule has 2 unspecified atom stereocenters. The summed E-state index contributed by atoms with van der Waals surface area (Å²) in [6.07, 6.45) is 1.60. The highest BCUT2D eigenvalue weighted by Gasteiger charge is 2.29. The van der Waals surface area contributed by atoms with Crippen molar-refractivity contribution in [3.05, 3.63) is 71.9 Å². The Morgan fingerprint density at radius 3 is 2.79 bits per heavy atom. The first kappa shape index (κ1) is 21.2. The minimum atomic E-state index is -3.97. The molecule has 0 fully saturated rings. The lowest BCUT2D eigenvalue weighted by Gasteiger charge is -2.19. The Kier molecular flexibility index (Phi) is 6.47. The predicted octanol–water partition coefficient (Wildman–Crippen LogP) is 4.96. The number of rotatable bonds is 7. The van der Waals surface area contributed by atoms with E-state index in [4.69, 9.17) is 20.5 Å². The van der Waals surface area contributed by atoms with Gasteiger partial charge in [-0.25, -0.2) is 18.4 Å². The van der Waals surface area contributed by atoms with Gasteiger partial charge in [0.25, 0.3) is 0 Å². The SMILES string of the molecule is CC(NP(=O)(Cl)Oc1cccc2ncccc12)C(=O)OCc1ccc(F)cc1F. The Morgan fingerprint density at radius 2 is 2.03 bits per heavy atom. The first-order valence-corrected chi connectivity index (χ1v) is 11.0. The van der Waals surface area contributed by atoms with E-state index in [0.717, 1.165) is 6.07 Å². The highest BCUT2D eigenvalue weighted by Crippen LogP contribution is 2.49. The van der Waals surface area contributed by atoms with Crippen molar-refractivity contribution < 1.29 is 27.4 Å². The molecule has 10 heteroatoms. The van der Waals surface area contributed by atoms with E-state index in [1.54, 1.807) is 36.5 Å². The number of hydrogen-bond donors (Lipinski definition) is 1. The summed E-state index contributed by atoms with van der Waals surface area (Å²) in [7, 11) is 0. The third-order valence-corrected chi connectivity index (χ3v) is 5.53. The first-order valence-electron chi connectivity index (χ1n) is 8.46. The van der Waals surface area contributed by atoms with Crippen LogP contribution in [0, 0.1) is 11.6 Å². The monoisotopic (exact) mass is 440 g/mol. The fourth-order valence-corrected chi connectivity index (χ4v) is 4.20. The number of hydrogen-bond acceptors (Lipinski definition) is 5. The zero-order chi connectivity index (χ0) is 21.0. The molecule has 1 aromatic heterocycles. The number of fused-ring (bicyclic) bond motifs is 1. The lowest BCUT2D eigenvalue weighted by atomic mass is 10.2. The van der Waals surface area contributed by atoms with Crippen molar-refractivity contribution in [1.82, 2.24) is 10.1 Å². The zero-order valence-corrected chi connectivity index (χ0v) is 16.8. The van der Waals surface area contributed by atoms with Crippen LogP contribution in [0.15, 0.2) is 54.7 Å². The molecule has 0 saturated heterocycles. The Hall–Kier alpha value is -2.54. The van der Waals surface area contributed by atoms with Crippen molar-refractivity contribution >= 4 is 35.0 Å². The second-order valence-corrected chi connectivity index (χ2v) is 8.83. The van der Waals surface area contributed by atoms with Crippen molar-refractivity contribution in [2.45, 2.75) is 19.6 Å². The van der Waals surface area contributed by atoms with Gasteiger partial charge >= 0.3 is 12.8 Å². The summed E-state index contributed by atoms with van der Waals surface area (Å²) in [5.41, 5.74) is 0.621. The van der Waals surface area contributed by atoms with Crippen LogP contribution in [0.4, 0.5) is 8.78 Å². The van der Waals surface area contributed by atoms with E-state index < -0.39 is 37.1 Å². The normalized spacial score (nSPS) is 14.2. The van der Waals surface area contributed by atoms with E-state index in [1.165, 1.54) is 13.0 Å². The molecule has 0 aliphatic rings. The van der Waals surface area contributed by atoms with Gasteiger partial charge in [0.05, 0.1) is 5.52 Å². The number of benzene rings is 2. The van der Waals surface area contributed by atoms with Crippen LogP contribution < -0.4 is 9.61 Å². The second-order valence-electron chi connectivity index (χ2n) is 6.09. The van der Waals surface area contributed by atoms with Crippen LogP contribution in [0.5, 0.6) is 5.75 Å². The standard InChI is InChI=1S/C19H16ClF2N2O4P/c1-12(19(25)27-11-13-7-8-14(21)10-16(13)22)24-29(20,26)28-18-6-2-5-17-15(18)4-3-9-23-17/h2-10,12H,11H2,1H3,(H,24,26). The van der Waals surface area contributed by atoms with E-state index in [2.05, 4.69) is 10.1 Å². The van der Waals surface area contributed by atoms with Gasteiger partial charge in [-0.15, -0.1) is 0 Å². The van der Waals surface area contributed by atoms with Gasteiger partial charge in [-0.1, -0.05) is 6.07 Å². The highest BCUT2D eigenvalue weighted by atomic mass is 35.7. The Labute approximate surface area is 170 Å². The van der Waals surface area contributed by atoms with Gasteiger partial charge in [-0.3, -0.25) is 9.78 Å². The molecule has 0 saturated carbocycles. The number of pyridine rings is 1. The van der Waals surface area contributed by atoms with Gasteiger partial charge in [0.2, 0.25) is 0 Å². The maximum absolute atomic E-state index is 13.6. The molecule has 152 valence electrons. The van der Waals surface area contributed by atoms with Crippen molar-refractivity contribution in [3.63, 3.8) is 0 Å². The molecule has 0 bridgehead atoms. The van der Waals surface area contributed by atoms with Gasteiger partial charge in [-0.05, 0) is 43.3 Å². The van der Waals surface area contributed by atoms with Crippen LogP contribution in [-0.4, -0.2) is 17.0 Å². The molecule has 1 heterocycles. The van der Waals surface area contributed by atoms with Crippen LogP contribution in [0.25, 0.3) is 10.9 Å². The predicted molar refractivity (Wildman–Crippen MR) is 105 cm³/mol. The highest BCUT2D eigenvalue weighted by molar-refractivity contribution is 7.84. The fourth-order valence-electron chi connectivity index (χ4n) is 2.50. The smallest absolute Gasteiger partial charge is 0.409 e. The molecule has 3 aromatic rings. The molecule has 6 nitrogen and oxygen atoms in total. The molecule has 1 N–H and O–H groups in total. The maximum atomic E-state index is 13.6. The van der Waals surface area contributed by atoms with Crippen LogP contribution >= 0.6 is 18.1 Å². The third-order valence-electron chi connectivity index (χ3n) is 3.91. The number of nitrogens with one attached hydrogen (secondary N) is 1. The topological polar surface area (TPSA) is 77.5 Å². The molecule has 0 aliphatic carbocycles. The van der Waals surface area contributed by atoms with E-state index >= 15 is 0 Å². The van der Waals surface area contributed by atoms with Gasteiger partial charge < -0.3 is 9.26 Å². The quantitative estimate of drug-likeness (QED) is 0.413. The van der Waals surface area contributed by atoms with E-state index in [0.29, 0.717) is 17.0 Å². The number of aromatic nitrogens is 1. The molecular formula is C19H16ClF2N2O4P. The Bertz CT molecular complexity index is 1090. The molecule has 0 spiro atoms. The zero-order valence-electron chi connectivity index (χ0n) is 15.1. The molecule has 3 rings (SSSR count). The summed E-state index contributed by atoms with van der Waals surface area (Å²) in [6.45, 7) is -3.02. The molecular weight excluding hydrogens is 425 g/mol. The molecule has 0 radical (unpaired) electrons. The molecule has 2 atom stereocenters. The number of carbonyl (C=O) groups excluding carboxylic acids is 1. The molecule has 2 aromatic carbocycles. The second kappa shape index (κ2) is 8.86. The lowest BCUT2D eigenvalue weighted by Crippen LogP contribution is -2.33. The van der Waals surface area contributed by atoms with Gasteiger partial charge in [0.15, 0.2) is 0 Å². The number of ether oxygens (including phenoxy) is 1. The largest absolute Gasteiger partial charge is 0.460 e. The average molecular weight is 441 g/mol. The lowest BCUT2D eigenvalue weighted by molar-refractivity contribution is -0.146. The number of nitrogens with zero attached hydrogens (tertiary/aromatic N) is 1. The number of carbonyl (C=O) groups is 1. The first-order chi connectivity index (χ1) is 13.7. The molecule has 29 heavy (non-hydrogen) atoms. The van der Waals surface area contributed by atoms with Crippen LogP contribution in [0.3, 0.4) is 0 Å². The fraction of sp³-hybridized carbons (Fsp3) is 0.158. The van der Waals surface area contributed by atoms with Gasteiger partial charge in [0, 0.05) is 34.5 Å². The summed E-state index contributed by atoms with van der Waals surface area (Å²) in [5.74, 6) is -2.18. The van der Waals surface area contributed by atoms with Crippen molar-refractivity contribution in [2.75, 3.05) is 0 Å².